The Morgan fingerprint density at radius 3 is 2.32 bits per heavy atom. The SMILES string of the molecule is O=C([O-])c1ccc(N(Cc2ccc(C3CCCCC3)nc2)C(=O)C(F)(F)F)cc1OCc1ccccc1. The fourth-order valence-electron chi connectivity index (χ4n) is 4.49. The van der Waals surface area contributed by atoms with Crippen LogP contribution in [-0.4, -0.2) is 23.0 Å². The first-order chi connectivity index (χ1) is 17.7. The van der Waals surface area contributed by atoms with Crippen LogP contribution in [0.15, 0.2) is 66.9 Å². The number of benzene rings is 2. The molecular formula is C28H26F3N2O4-. The second-order valence-corrected chi connectivity index (χ2v) is 9.06. The number of aromatic nitrogens is 1. The number of hydrogen-bond acceptors (Lipinski definition) is 5. The van der Waals surface area contributed by atoms with Crippen LogP contribution in [0.25, 0.3) is 0 Å². The van der Waals surface area contributed by atoms with E-state index in [-0.39, 0.29) is 23.6 Å². The molecule has 0 bridgehead atoms. The molecule has 1 aliphatic carbocycles. The van der Waals surface area contributed by atoms with Crippen LogP contribution in [0.1, 0.15) is 65.2 Å². The maximum Gasteiger partial charge on any atom is 0.471 e. The number of carbonyl (C=O) groups excluding carboxylic acids is 2. The predicted octanol–water partition coefficient (Wildman–Crippen LogP) is 5.17. The maximum atomic E-state index is 13.5. The zero-order valence-corrected chi connectivity index (χ0v) is 20.0. The van der Waals surface area contributed by atoms with Gasteiger partial charge in [-0.3, -0.25) is 14.7 Å². The highest BCUT2D eigenvalue weighted by Gasteiger charge is 2.43. The van der Waals surface area contributed by atoms with Crippen molar-refractivity contribution < 1.29 is 32.6 Å². The summed E-state index contributed by atoms with van der Waals surface area (Å²) in [6, 6.07) is 15.6. The van der Waals surface area contributed by atoms with Gasteiger partial charge in [-0.2, -0.15) is 13.2 Å². The first-order valence-corrected chi connectivity index (χ1v) is 12.1. The number of ether oxygens (including phenoxy) is 1. The van der Waals surface area contributed by atoms with Gasteiger partial charge < -0.3 is 14.6 Å². The summed E-state index contributed by atoms with van der Waals surface area (Å²) in [5.74, 6) is -3.51. The molecule has 6 nitrogen and oxygen atoms in total. The number of halogens is 3. The Balaban J connectivity index is 1.62. The normalized spacial score (nSPS) is 14.2. The Hall–Kier alpha value is -3.88. The second kappa shape index (κ2) is 11.5. The van der Waals surface area contributed by atoms with Crippen LogP contribution < -0.4 is 14.7 Å². The van der Waals surface area contributed by atoms with E-state index in [2.05, 4.69) is 4.98 Å². The predicted molar refractivity (Wildman–Crippen MR) is 129 cm³/mol. The Kier molecular flexibility index (Phi) is 8.11. The lowest BCUT2D eigenvalue weighted by Gasteiger charge is -2.26. The van der Waals surface area contributed by atoms with Gasteiger partial charge in [0.05, 0.1) is 12.5 Å². The number of carboxylic acid groups (broad SMARTS) is 1. The summed E-state index contributed by atoms with van der Waals surface area (Å²) in [5, 5.41) is 11.6. The van der Waals surface area contributed by atoms with Gasteiger partial charge >= 0.3 is 12.1 Å². The number of anilines is 1. The Labute approximate surface area is 212 Å². The molecule has 1 amide bonds. The summed E-state index contributed by atoms with van der Waals surface area (Å²) in [6.07, 6.45) is 1.84. The summed E-state index contributed by atoms with van der Waals surface area (Å²) < 4.78 is 46.2. The van der Waals surface area contributed by atoms with E-state index in [1.807, 2.05) is 0 Å². The molecule has 0 aliphatic heterocycles. The van der Waals surface area contributed by atoms with Gasteiger partial charge in [-0.1, -0.05) is 55.7 Å². The fourth-order valence-corrected chi connectivity index (χ4v) is 4.49. The molecule has 37 heavy (non-hydrogen) atoms. The largest absolute Gasteiger partial charge is 0.545 e. The van der Waals surface area contributed by atoms with Gasteiger partial charge in [0.15, 0.2) is 0 Å². The monoisotopic (exact) mass is 511 g/mol. The molecule has 0 atom stereocenters. The lowest BCUT2D eigenvalue weighted by Crippen LogP contribution is -2.41. The quantitative estimate of drug-likeness (QED) is 0.417. The van der Waals surface area contributed by atoms with E-state index >= 15 is 0 Å². The molecule has 2 aromatic carbocycles. The van der Waals surface area contributed by atoms with E-state index in [4.69, 9.17) is 4.74 Å². The van der Waals surface area contributed by atoms with Gasteiger partial charge in [0.1, 0.15) is 12.4 Å². The third-order valence-corrected chi connectivity index (χ3v) is 6.43. The van der Waals surface area contributed by atoms with Crippen molar-refractivity contribution >= 4 is 17.6 Å². The molecule has 0 spiro atoms. The van der Waals surface area contributed by atoms with Crippen molar-refractivity contribution in [2.45, 2.75) is 57.3 Å². The summed E-state index contributed by atoms with van der Waals surface area (Å²) in [7, 11) is 0. The van der Waals surface area contributed by atoms with Crippen LogP contribution in [0.3, 0.4) is 0 Å². The van der Waals surface area contributed by atoms with E-state index in [1.165, 1.54) is 12.6 Å². The van der Waals surface area contributed by atoms with Crippen molar-refractivity contribution in [3.63, 3.8) is 0 Å². The minimum atomic E-state index is -5.15. The van der Waals surface area contributed by atoms with E-state index < -0.39 is 24.6 Å². The highest BCUT2D eigenvalue weighted by molar-refractivity contribution is 5.98. The Morgan fingerprint density at radius 2 is 1.70 bits per heavy atom. The first-order valence-electron chi connectivity index (χ1n) is 12.1. The molecule has 0 unspecified atom stereocenters. The van der Waals surface area contributed by atoms with Crippen LogP contribution in [0.4, 0.5) is 18.9 Å². The standard InChI is InChI=1S/C28H27F3N2O4/c29-28(30,31)27(36)33(17-20-11-14-24(32-16-20)21-9-5-2-6-10-21)22-12-13-23(26(34)35)25(15-22)37-18-19-7-3-1-4-8-19/h1,3-4,7-8,11-16,21H,2,5-6,9-10,17-18H2,(H,34,35)/p-1. The van der Waals surface area contributed by atoms with E-state index in [0.29, 0.717) is 16.4 Å². The highest BCUT2D eigenvalue weighted by Crippen LogP contribution is 2.33. The number of rotatable bonds is 8. The van der Waals surface area contributed by atoms with Crippen LogP contribution in [0.5, 0.6) is 5.75 Å². The number of nitrogens with zero attached hydrogens (tertiary/aromatic N) is 2. The molecular weight excluding hydrogens is 485 g/mol. The topological polar surface area (TPSA) is 82.6 Å². The van der Waals surface area contributed by atoms with Crippen molar-refractivity contribution in [1.29, 1.82) is 0 Å². The van der Waals surface area contributed by atoms with Gasteiger partial charge in [0.25, 0.3) is 0 Å². The summed E-state index contributed by atoms with van der Waals surface area (Å²) in [5.41, 5.74) is 1.54. The molecule has 0 radical (unpaired) electrons. The van der Waals surface area contributed by atoms with E-state index in [9.17, 15) is 27.9 Å². The van der Waals surface area contributed by atoms with Crippen LogP contribution in [0.2, 0.25) is 0 Å². The molecule has 9 heteroatoms. The average molecular weight is 512 g/mol. The number of carboxylic acids is 1. The van der Waals surface area contributed by atoms with Crippen molar-refractivity contribution in [1.82, 2.24) is 4.98 Å². The molecule has 1 heterocycles. The maximum absolute atomic E-state index is 13.5. The van der Waals surface area contributed by atoms with Crippen molar-refractivity contribution in [2.24, 2.45) is 0 Å². The highest BCUT2D eigenvalue weighted by atomic mass is 19.4. The van der Waals surface area contributed by atoms with Crippen LogP contribution in [-0.2, 0) is 17.9 Å². The lowest BCUT2D eigenvalue weighted by atomic mass is 9.86. The number of amides is 1. The minimum Gasteiger partial charge on any atom is -0.545 e. The summed E-state index contributed by atoms with van der Waals surface area (Å²) >= 11 is 0. The van der Waals surface area contributed by atoms with Gasteiger partial charge in [-0.15, -0.1) is 0 Å². The molecule has 4 rings (SSSR count). The number of carbonyl (C=O) groups is 2. The fraction of sp³-hybridized carbons (Fsp3) is 0.321. The molecule has 1 aliphatic rings. The first kappa shape index (κ1) is 26.2. The number of aromatic carboxylic acids is 1. The zero-order chi connectivity index (χ0) is 26.4. The molecule has 0 saturated heterocycles. The number of alkyl halides is 3. The molecule has 1 saturated carbocycles. The smallest absolute Gasteiger partial charge is 0.471 e. The van der Waals surface area contributed by atoms with Crippen molar-refractivity contribution in [3.8, 4) is 5.75 Å². The summed E-state index contributed by atoms with van der Waals surface area (Å²) in [6.45, 7) is -0.427. The van der Waals surface area contributed by atoms with E-state index in [0.717, 1.165) is 55.1 Å². The van der Waals surface area contributed by atoms with Gasteiger partial charge in [-0.05, 0) is 42.2 Å². The molecule has 1 aromatic heterocycles. The molecule has 194 valence electrons. The third-order valence-electron chi connectivity index (χ3n) is 6.43. The van der Waals surface area contributed by atoms with Gasteiger partial charge in [0.2, 0.25) is 0 Å². The lowest BCUT2D eigenvalue weighted by molar-refractivity contribution is -0.255. The number of hydrogen-bond donors (Lipinski definition) is 0. The zero-order valence-electron chi connectivity index (χ0n) is 20.0. The van der Waals surface area contributed by atoms with Crippen LogP contribution in [0, 0.1) is 0 Å². The molecule has 3 aromatic rings. The van der Waals surface area contributed by atoms with Crippen molar-refractivity contribution in [2.75, 3.05) is 4.90 Å². The molecule has 0 N–H and O–H groups in total. The third kappa shape index (κ3) is 6.67. The number of pyridine rings is 1. The van der Waals surface area contributed by atoms with Crippen molar-refractivity contribution in [3.05, 3.63) is 89.2 Å². The van der Waals surface area contributed by atoms with Gasteiger partial charge in [0, 0.05) is 35.1 Å². The van der Waals surface area contributed by atoms with Crippen LogP contribution >= 0.6 is 0 Å². The summed E-state index contributed by atoms with van der Waals surface area (Å²) in [4.78, 5) is 29.0. The minimum absolute atomic E-state index is 0.0235. The molecule has 1 fully saturated rings. The Bertz CT molecular complexity index is 1220. The van der Waals surface area contributed by atoms with Gasteiger partial charge in [-0.25, -0.2) is 0 Å². The Morgan fingerprint density at radius 1 is 0.973 bits per heavy atom. The second-order valence-electron chi connectivity index (χ2n) is 9.06. The van der Waals surface area contributed by atoms with E-state index in [1.54, 1.807) is 42.5 Å². The average Bonchev–Trinajstić information content (AvgIpc) is 2.91.